The fraction of sp³-hybridized carbons (Fsp3) is 0. The second-order valence-electron chi connectivity index (χ2n) is 3.55. The van der Waals surface area contributed by atoms with E-state index in [0.29, 0.717) is 0 Å². The molecule has 0 aliphatic rings. The largest absolute Gasteiger partial charge is 0.505 e. The number of anilines is 1. The highest BCUT2D eigenvalue weighted by Gasteiger charge is 2.16. The Morgan fingerprint density at radius 3 is 2.63 bits per heavy atom. The van der Waals surface area contributed by atoms with Gasteiger partial charge in [0.1, 0.15) is 17.1 Å². The molecule has 0 fully saturated rings. The van der Waals surface area contributed by atoms with Gasteiger partial charge in [0.05, 0.1) is 11.8 Å². The van der Waals surface area contributed by atoms with Gasteiger partial charge in [-0.2, -0.15) is 0 Å². The predicted molar refractivity (Wildman–Crippen MR) is 65.1 cm³/mol. The van der Waals surface area contributed by atoms with Gasteiger partial charge in [0.25, 0.3) is 5.91 Å². The van der Waals surface area contributed by atoms with Crippen molar-refractivity contribution in [1.29, 1.82) is 0 Å². The Kier molecular flexibility index (Phi) is 3.37. The first-order valence-electron chi connectivity index (χ1n) is 5.22. The minimum Gasteiger partial charge on any atom is -0.505 e. The van der Waals surface area contributed by atoms with Gasteiger partial charge in [-0.1, -0.05) is 0 Å². The predicted octanol–water partition coefficient (Wildman–Crippen LogP) is 1.13. The number of aromatic carboxylic acids is 1. The molecular formula is C12H9N3O4. The molecule has 1 amide bonds. The van der Waals surface area contributed by atoms with Gasteiger partial charge < -0.3 is 15.5 Å². The van der Waals surface area contributed by atoms with Crippen LogP contribution >= 0.6 is 0 Å². The number of nitrogens with zero attached hydrogens (tertiary/aromatic N) is 2. The smallest absolute Gasteiger partial charge is 0.339 e. The number of carboxylic acid groups (broad SMARTS) is 1. The van der Waals surface area contributed by atoms with Crippen LogP contribution in [-0.2, 0) is 0 Å². The minimum absolute atomic E-state index is 0.0167. The average Bonchev–Trinajstić information content (AvgIpc) is 2.39. The van der Waals surface area contributed by atoms with Crippen LogP contribution in [-0.4, -0.2) is 32.1 Å². The van der Waals surface area contributed by atoms with Crippen LogP contribution in [0, 0.1) is 0 Å². The second kappa shape index (κ2) is 5.13. The van der Waals surface area contributed by atoms with Crippen LogP contribution < -0.4 is 5.32 Å². The molecule has 0 aromatic carbocycles. The van der Waals surface area contributed by atoms with Crippen LogP contribution in [0.2, 0.25) is 0 Å². The summed E-state index contributed by atoms with van der Waals surface area (Å²) in [6.45, 7) is 0. The SMILES string of the molecule is O=C(Nc1ncccc1C(=O)O)c1ccncc1O. The van der Waals surface area contributed by atoms with Gasteiger partial charge in [-0.15, -0.1) is 0 Å². The standard InChI is InChI=1S/C12H9N3O4/c16-9-6-13-5-3-7(9)11(17)15-10-8(12(18)19)2-1-4-14-10/h1-6,16H,(H,18,19)(H,14,15,17). The number of rotatable bonds is 3. The van der Waals surface area contributed by atoms with E-state index in [2.05, 4.69) is 15.3 Å². The topological polar surface area (TPSA) is 112 Å². The average molecular weight is 259 g/mol. The Morgan fingerprint density at radius 1 is 1.16 bits per heavy atom. The first-order valence-corrected chi connectivity index (χ1v) is 5.22. The van der Waals surface area contributed by atoms with Gasteiger partial charge in [0.2, 0.25) is 0 Å². The number of carbonyl (C=O) groups excluding carboxylic acids is 1. The lowest BCUT2D eigenvalue weighted by molar-refractivity contribution is 0.0697. The lowest BCUT2D eigenvalue weighted by Gasteiger charge is -2.07. The number of carboxylic acids is 1. The van der Waals surface area contributed by atoms with E-state index in [1.807, 2.05) is 0 Å². The number of carbonyl (C=O) groups is 2. The van der Waals surface area contributed by atoms with E-state index in [9.17, 15) is 14.7 Å². The lowest BCUT2D eigenvalue weighted by atomic mass is 10.2. The number of nitrogens with one attached hydrogen (secondary N) is 1. The number of amides is 1. The Morgan fingerprint density at radius 2 is 1.95 bits per heavy atom. The summed E-state index contributed by atoms with van der Waals surface area (Å²) in [6, 6.07) is 4.08. The van der Waals surface area contributed by atoms with Gasteiger partial charge in [0.15, 0.2) is 0 Å². The van der Waals surface area contributed by atoms with Crippen molar-refractivity contribution in [2.24, 2.45) is 0 Å². The molecule has 2 rings (SSSR count). The molecule has 0 atom stereocenters. The quantitative estimate of drug-likeness (QED) is 0.761. The van der Waals surface area contributed by atoms with Gasteiger partial charge >= 0.3 is 5.97 Å². The number of aromatic nitrogens is 2. The highest BCUT2D eigenvalue weighted by molar-refractivity contribution is 6.08. The van der Waals surface area contributed by atoms with Crippen molar-refractivity contribution in [3.63, 3.8) is 0 Å². The molecule has 3 N–H and O–H groups in total. The summed E-state index contributed by atoms with van der Waals surface area (Å²) in [7, 11) is 0. The third-order valence-corrected chi connectivity index (χ3v) is 2.31. The van der Waals surface area contributed by atoms with Gasteiger partial charge in [0, 0.05) is 12.4 Å². The summed E-state index contributed by atoms with van der Waals surface area (Å²) in [5.41, 5.74) is -0.151. The Balaban J connectivity index is 2.30. The number of hydrogen-bond donors (Lipinski definition) is 3. The Hall–Kier alpha value is -2.96. The zero-order valence-electron chi connectivity index (χ0n) is 9.57. The highest BCUT2D eigenvalue weighted by atomic mass is 16.4. The summed E-state index contributed by atoms with van der Waals surface area (Å²) in [6.07, 6.45) is 3.81. The van der Waals surface area contributed by atoms with Crippen molar-refractivity contribution >= 4 is 17.7 Å². The first kappa shape index (κ1) is 12.5. The molecule has 7 nitrogen and oxygen atoms in total. The maximum atomic E-state index is 11.9. The summed E-state index contributed by atoms with van der Waals surface area (Å²) >= 11 is 0. The number of pyridine rings is 2. The van der Waals surface area contributed by atoms with Crippen molar-refractivity contribution in [2.45, 2.75) is 0 Å². The summed E-state index contributed by atoms with van der Waals surface area (Å²) in [4.78, 5) is 30.3. The fourth-order valence-corrected chi connectivity index (χ4v) is 1.43. The Bertz CT molecular complexity index is 642. The molecule has 0 radical (unpaired) electrons. The van der Waals surface area contributed by atoms with Gasteiger partial charge in [-0.3, -0.25) is 9.78 Å². The van der Waals surface area contributed by atoms with Crippen molar-refractivity contribution in [2.75, 3.05) is 5.32 Å². The molecule has 19 heavy (non-hydrogen) atoms. The van der Waals surface area contributed by atoms with Gasteiger partial charge in [-0.25, -0.2) is 9.78 Å². The molecule has 0 saturated heterocycles. The van der Waals surface area contributed by atoms with Crippen LogP contribution in [0.15, 0.2) is 36.8 Å². The van der Waals surface area contributed by atoms with E-state index in [0.717, 1.165) is 6.20 Å². The van der Waals surface area contributed by atoms with Crippen LogP contribution in [0.25, 0.3) is 0 Å². The van der Waals surface area contributed by atoms with Crippen molar-refractivity contribution in [1.82, 2.24) is 9.97 Å². The van der Waals surface area contributed by atoms with E-state index in [1.165, 1.54) is 30.6 Å². The molecule has 0 bridgehead atoms. The van der Waals surface area contributed by atoms with E-state index in [-0.39, 0.29) is 22.7 Å². The minimum atomic E-state index is -1.21. The van der Waals surface area contributed by atoms with Crippen molar-refractivity contribution in [3.05, 3.63) is 47.9 Å². The molecule has 2 heterocycles. The lowest BCUT2D eigenvalue weighted by Crippen LogP contribution is -2.16. The maximum Gasteiger partial charge on any atom is 0.339 e. The third-order valence-electron chi connectivity index (χ3n) is 2.31. The fourth-order valence-electron chi connectivity index (χ4n) is 1.43. The Labute approximate surface area is 107 Å². The molecule has 0 unspecified atom stereocenters. The molecule has 0 spiro atoms. The summed E-state index contributed by atoms with van der Waals surface area (Å²) < 4.78 is 0. The third kappa shape index (κ3) is 2.65. The zero-order valence-corrected chi connectivity index (χ0v) is 9.57. The second-order valence-corrected chi connectivity index (χ2v) is 3.55. The molecule has 0 aliphatic carbocycles. The van der Waals surface area contributed by atoms with E-state index in [4.69, 9.17) is 5.11 Å². The van der Waals surface area contributed by atoms with E-state index >= 15 is 0 Å². The molecular weight excluding hydrogens is 250 g/mol. The molecule has 0 aliphatic heterocycles. The van der Waals surface area contributed by atoms with E-state index in [1.54, 1.807) is 0 Å². The van der Waals surface area contributed by atoms with Crippen LogP contribution in [0.3, 0.4) is 0 Å². The normalized spacial score (nSPS) is 9.89. The molecule has 2 aromatic rings. The molecule has 7 heteroatoms. The van der Waals surface area contributed by atoms with Crippen molar-refractivity contribution < 1.29 is 19.8 Å². The summed E-state index contributed by atoms with van der Waals surface area (Å²) in [5, 5.41) is 20.8. The van der Waals surface area contributed by atoms with Crippen molar-refractivity contribution in [3.8, 4) is 5.75 Å². The summed E-state index contributed by atoms with van der Waals surface area (Å²) in [5.74, 6) is -2.26. The molecule has 96 valence electrons. The van der Waals surface area contributed by atoms with Crippen LogP contribution in [0.4, 0.5) is 5.82 Å². The first-order chi connectivity index (χ1) is 9.09. The van der Waals surface area contributed by atoms with Gasteiger partial charge in [-0.05, 0) is 18.2 Å². The monoisotopic (exact) mass is 259 g/mol. The van der Waals surface area contributed by atoms with Crippen LogP contribution in [0.1, 0.15) is 20.7 Å². The molecule has 0 saturated carbocycles. The van der Waals surface area contributed by atoms with Crippen LogP contribution in [0.5, 0.6) is 5.75 Å². The number of aromatic hydroxyl groups is 1. The van der Waals surface area contributed by atoms with E-state index < -0.39 is 11.9 Å². The maximum absolute atomic E-state index is 11.9. The zero-order chi connectivity index (χ0) is 13.8. The highest BCUT2D eigenvalue weighted by Crippen LogP contribution is 2.17. The number of hydrogen-bond acceptors (Lipinski definition) is 5. The molecule has 2 aromatic heterocycles.